The number of rotatable bonds is 3. The Kier molecular flexibility index (Phi) is 4.16. The molecular weight excluding hydrogens is 311 g/mol. The van der Waals surface area contributed by atoms with Gasteiger partial charge in [-0.05, 0) is 37.8 Å². The van der Waals surface area contributed by atoms with Crippen LogP contribution in [0.1, 0.15) is 32.1 Å². The van der Waals surface area contributed by atoms with Gasteiger partial charge in [-0.3, -0.25) is 9.78 Å². The zero-order chi connectivity index (χ0) is 16.6. The number of hydrogen-bond donors (Lipinski definition) is 0. The molecular formula is C18H23FN2O3. The van der Waals surface area contributed by atoms with Crippen LogP contribution in [0, 0.1) is 5.92 Å². The monoisotopic (exact) mass is 334 g/mol. The maximum atomic E-state index is 13.0. The molecule has 1 amide bonds. The normalized spacial score (nSPS) is 35.7. The smallest absolute Gasteiger partial charge is 0.225 e. The third kappa shape index (κ3) is 3.11. The van der Waals surface area contributed by atoms with Crippen molar-refractivity contribution in [3.05, 3.63) is 24.5 Å². The Hall–Kier alpha value is -1.69. The number of aromatic nitrogens is 1. The number of hydrogen-bond acceptors (Lipinski definition) is 4. The molecule has 3 aliphatic rings. The summed E-state index contributed by atoms with van der Waals surface area (Å²) in [5.41, 5.74) is -0.306. The van der Waals surface area contributed by atoms with Crippen molar-refractivity contribution in [2.24, 2.45) is 5.92 Å². The Bertz CT molecular complexity index is 593. The molecule has 2 atom stereocenters. The molecule has 1 aromatic rings. The minimum atomic E-state index is -0.794. The lowest BCUT2D eigenvalue weighted by molar-refractivity contribution is -0.148. The van der Waals surface area contributed by atoms with Crippen LogP contribution in [-0.4, -0.2) is 53.4 Å². The first-order chi connectivity index (χ1) is 11.6. The van der Waals surface area contributed by atoms with Crippen molar-refractivity contribution in [3.63, 3.8) is 0 Å². The standard InChI is InChI=1S/C18H23FN2O3/c19-14-7-13(8-14)17(22)21-6-2-4-18(12-21)9-16(11-23-18)24-15-3-1-5-20-10-15/h1,3,5,10,13-14,16H,2,4,6-9,11-12H2/t13?,14?,16-,18+/m1/s1. The van der Waals surface area contributed by atoms with Gasteiger partial charge in [0.1, 0.15) is 18.0 Å². The topological polar surface area (TPSA) is 51.7 Å². The van der Waals surface area contributed by atoms with Crippen LogP contribution < -0.4 is 4.74 Å². The lowest BCUT2D eigenvalue weighted by atomic mass is 9.81. The van der Waals surface area contributed by atoms with Crippen molar-refractivity contribution in [1.82, 2.24) is 9.88 Å². The number of carbonyl (C=O) groups is 1. The number of likely N-dealkylation sites (tertiary alicyclic amines) is 1. The molecule has 0 bridgehead atoms. The number of amides is 1. The van der Waals surface area contributed by atoms with Crippen molar-refractivity contribution in [2.45, 2.75) is 50.0 Å². The minimum Gasteiger partial charge on any atom is -0.486 e. The van der Waals surface area contributed by atoms with Gasteiger partial charge in [0.25, 0.3) is 0 Å². The first kappa shape index (κ1) is 15.8. The van der Waals surface area contributed by atoms with E-state index in [2.05, 4.69) is 4.98 Å². The molecule has 6 heteroatoms. The molecule has 24 heavy (non-hydrogen) atoms. The molecule has 5 nitrogen and oxygen atoms in total. The van der Waals surface area contributed by atoms with Gasteiger partial charge in [0, 0.05) is 31.6 Å². The lowest BCUT2D eigenvalue weighted by Crippen LogP contribution is -2.53. The molecule has 4 rings (SSSR count). The quantitative estimate of drug-likeness (QED) is 0.851. The predicted octanol–water partition coefficient (Wildman–Crippen LogP) is 2.36. The molecule has 0 N–H and O–H groups in total. The Morgan fingerprint density at radius 3 is 3.08 bits per heavy atom. The van der Waals surface area contributed by atoms with Gasteiger partial charge >= 0.3 is 0 Å². The molecule has 0 aromatic carbocycles. The van der Waals surface area contributed by atoms with E-state index in [0.29, 0.717) is 26.0 Å². The number of halogens is 1. The number of ether oxygens (including phenoxy) is 2. The number of pyridine rings is 1. The maximum absolute atomic E-state index is 13.0. The molecule has 1 aromatic heterocycles. The van der Waals surface area contributed by atoms with Crippen molar-refractivity contribution >= 4 is 5.91 Å². The Labute approximate surface area is 141 Å². The maximum Gasteiger partial charge on any atom is 0.225 e. The van der Waals surface area contributed by atoms with E-state index in [4.69, 9.17) is 9.47 Å². The lowest BCUT2D eigenvalue weighted by Gasteiger charge is -2.42. The SMILES string of the molecule is O=C(C1CC(F)C1)N1CCC[C@]2(C[C@@H](Oc3cccnc3)CO2)C1. The second-order valence-electron chi connectivity index (χ2n) is 7.26. The predicted molar refractivity (Wildman–Crippen MR) is 85.4 cm³/mol. The highest BCUT2D eigenvalue weighted by molar-refractivity contribution is 5.80. The zero-order valence-electron chi connectivity index (χ0n) is 13.7. The second kappa shape index (κ2) is 6.31. The molecule has 0 unspecified atom stereocenters. The van der Waals surface area contributed by atoms with Crippen LogP contribution in [0.4, 0.5) is 4.39 Å². The van der Waals surface area contributed by atoms with Crippen molar-refractivity contribution in [1.29, 1.82) is 0 Å². The van der Waals surface area contributed by atoms with Gasteiger partial charge in [-0.1, -0.05) is 0 Å². The highest BCUT2D eigenvalue weighted by Gasteiger charge is 2.47. The van der Waals surface area contributed by atoms with E-state index in [1.807, 2.05) is 17.0 Å². The fraction of sp³-hybridized carbons (Fsp3) is 0.667. The number of nitrogens with zero attached hydrogens (tertiary/aromatic N) is 2. The minimum absolute atomic E-state index is 0.0109. The van der Waals surface area contributed by atoms with Crippen LogP contribution in [0.15, 0.2) is 24.5 Å². The van der Waals surface area contributed by atoms with Gasteiger partial charge in [0.05, 0.1) is 18.4 Å². The number of carbonyl (C=O) groups excluding carboxylic acids is 1. The largest absolute Gasteiger partial charge is 0.486 e. The van der Waals surface area contributed by atoms with E-state index in [9.17, 15) is 9.18 Å². The third-order valence-electron chi connectivity index (χ3n) is 5.39. The molecule has 1 aliphatic carbocycles. The van der Waals surface area contributed by atoms with Gasteiger partial charge in [-0.2, -0.15) is 0 Å². The van der Waals surface area contributed by atoms with Crippen LogP contribution in [0.2, 0.25) is 0 Å². The summed E-state index contributed by atoms with van der Waals surface area (Å²) in [5, 5.41) is 0. The summed E-state index contributed by atoms with van der Waals surface area (Å²) in [6.07, 6.45) is 6.03. The van der Waals surface area contributed by atoms with E-state index in [1.165, 1.54) is 0 Å². The van der Waals surface area contributed by atoms with E-state index in [0.717, 1.165) is 31.6 Å². The first-order valence-electron chi connectivity index (χ1n) is 8.77. The average molecular weight is 334 g/mol. The third-order valence-corrected chi connectivity index (χ3v) is 5.39. The van der Waals surface area contributed by atoms with Crippen LogP contribution in [0.3, 0.4) is 0 Å². The van der Waals surface area contributed by atoms with Crippen molar-refractivity contribution < 1.29 is 18.7 Å². The zero-order valence-corrected chi connectivity index (χ0v) is 13.7. The molecule has 3 heterocycles. The van der Waals surface area contributed by atoms with E-state index >= 15 is 0 Å². The first-order valence-corrected chi connectivity index (χ1v) is 8.77. The molecule has 130 valence electrons. The summed E-state index contributed by atoms with van der Waals surface area (Å²) >= 11 is 0. The fourth-order valence-corrected chi connectivity index (χ4v) is 4.07. The van der Waals surface area contributed by atoms with Crippen LogP contribution in [0.5, 0.6) is 5.75 Å². The van der Waals surface area contributed by atoms with E-state index in [-0.39, 0.29) is 23.5 Å². The van der Waals surface area contributed by atoms with E-state index < -0.39 is 6.17 Å². The van der Waals surface area contributed by atoms with Gasteiger partial charge in [0.2, 0.25) is 5.91 Å². The number of alkyl halides is 1. The Morgan fingerprint density at radius 1 is 1.46 bits per heavy atom. The Morgan fingerprint density at radius 2 is 2.33 bits per heavy atom. The van der Waals surface area contributed by atoms with Crippen molar-refractivity contribution in [2.75, 3.05) is 19.7 Å². The fourth-order valence-electron chi connectivity index (χ4n) is 4.07. The summed E-state index contributed by atoms with van der Waals surface area (Å²) in [4.78, 5) is 18.4. The molecule has 0 radical (unpaired) electrons. The van der Waals surface area contributed by atoms with Crippen molar-refractivity contribution in [3.8, 4) is 5.75 Å². The summed E-state index contributed by atoms with van der Waals surface area (Å²) in [7, 11) is 0. The highest BCUT2D eigenvalue weighted by Crippen LogP contribution is 2.38. The van der Waals surface area contributed by atoms with Crippen LogP contribution in [0.25, 0.3) is 0 Å². The molecule has 1 spiro atoms. The summed E-state index contributed by atoms with van der Waals surface area (Å²) in [6, 6.07) is 3.73. The average Bonchev–Trinajstić information content (AvgIpc) is 2.94. The van der Waals surface area contributed by atoms with Gasteiger partial charge in [-0.25, -0.2) is 4.39 Å². The summed E-state index contributed by atoms with van der Waals surface area (Å²) < 4.78 is 25.1. The molecule has 2 saturated heterocycles. The molecule has 3 fully saturated rings. The Balaban J connectivity index is 1.36. The number of piperidine rings is 1. The second-order valence-corrected chi connectivity index (χ2v) is 7.26. The van der Waals surface area contributed by atoms with E-state index in [1.54, 1.807) is 12.4 Å². The highest BCUT2D eigenvalue weighted by atomic mass is 19.1. The summed E-state index contributed by atoms with van der Waals surface area (Å²) in [5.74, 6) is 0.720. The van der Waals surface area contributed by atoms with Crippen LogP contribution >= 0.6 is 0 Å². The van der Waals surface area contributed by atoms with Gasteiger partial charge < -0.3 is 14.4 Å². The summed E-state index contributed by atoms with van der Waals surface area (Å²) in [6.45, 7) is 1.89. The molecule has 2 aliphatic heterocycles. The molecule has 1 saturated carbocycles. The van der Waals surface area contributed by atoms with Gasteiger partial charge in [-0.15, -0.1) is 0 Å². The van der Waals surface area contributed by atoms with Crippen LogP contribution in [-0.2, 0) is 9.53 Å². The van der Waals surface area contributed by atoms with Gasteiger partial charge in [0.15, 0.2) is 0 Å².